The van der Waals surface area contributed by atoms with E-state index in [0.717, 1.165) is 4.47 Å². The molecule has 2 aromatic carbocycles. The Kier molecular flexibility index (Phi) is 5.70. The molecule has 0 aliphatic carbocycles. The Hall–Kier alpha value is -2.41. The Morgan fingerprint density at radius 2 is 1.39 bits per heavy atom. The first-order valence-corrected chi connectivity index (χ1v) is 7.50. The summed E-state index contributed by atoms with van der Waals surface area (Å²) in [6, 6.07) is 10.2. The molecule has 122 valence electrons. The minimum absolute atomic E-state index is 0.374. The average Bonchev–Trinajstić information content (AvgIpc) is 2.55. The van der Waals surface area contributed by atoms with Gasteiger partial charge in [0.25, 0.3) is 0 Å². The van der Waals surface area contributed by atoms with Crippen molar-refractivity contribution in [3.05, 3.63) is 40.9 Å². The fourth-order valence-electron chi connectivity index (χ4n) is 1.98. The van der Waals surface area contributed by atoms with Crippen LogP contribution in [0.2, 0.25) is 0 Å². The highest BCUT2D eigenvalue weighted by Gasteiger charge is 2.14. The standard InChI is InChI=1S/C16H17BrN2O4/c1-21-13-8-12(9-14(22-2)15(13)23-3)19-16(20)18-11-6-4-10(17)5-7-11/h4-9H,1-3H3,(H2,18,19,20). The highest BCUT2D eigenvalue weighted by atomic mass is 79.9. The van der Waals surface area contributed by atoms with Gasteiger partial charge >= 0.3 is 6.03 Å². The Morgan fingerprint density at radius 1 is 0.870 bits per heavy atom. The van der Waals surface area contributed by atoms with Gasteiger partial charge in [-0.15, -0.1) is 0 Å². The predicted molar refractivity (Wildman–Crippen MR) is 92.9 cm³/mol. The van der Waals surface area contributed by atoms with E-state index >= 15 is 0 Å². The van der Waals surface area contributed by atoms with Gasteiger partial charge in [0.15, 0.2) is 11.5 Å². The first kappa shape index (κ1) is 17.0. The molecule has 0 heterocycles. The fraction of sp³-hybridized carbons (Fsp3) is 0.188. The summed E-state index contributed by atoms with van der Waals surface area (Å²) in [5.41, 5.74) is 1.20. The van der Waals surface area contributed by atoms with Crippen molar-refractivity contribution in [2.75, 3.05) is 32.0 Å². The minimum atomic E-state index is -0.374. The van der Waals surface area contributed by atoms with Gasteiger partial charge in [-0.25, -0.2) is 4.79 Å². The summed E-state index contributed by atoms with van der Waals surface area (Å²) in [7, 11) is 4.56. The van der Waals surface area contributed by atoms with Gasteiger partial charge in [0.05, 0.1) is 27.0 Å². The number of nitrogens with one attached hydrogen (secondary N) is 2. The Balaban J connectivity index is 2.15. The van der Waals surface area contributed by atoms with Gasteiger partial charge in [0, 0.05) is 22.3 Å². The molecular weight excluding hydrogens is 364 g/mol. The summed E-state index contributed by atoms with van der Waals surface area (Å²) < 4.78 is 16.7. The predicted octanol–water partition coefficient (Wildman–Crippen LogP) is 4.12. The zero-order chi connectivity index (χ0) is 16.8. The Morgan fingerprint density at radius 3 is 1.87 bits per heavy atom. The van der Waals surface area contributed by atoms with Crippen LogP contribution < -0.4 is 24.8 Å². The van der Waals surface area contributed by atoms with E-state index in [1.165, 1.54) is 21.3 Å². The molecule has 23 heavy (non-hydrogen) atoms. The van der Waals surface area contributed by atoms with E-state index in [1.807, 2.05) is 12.1 Å². The van der Waals surface area contributed by atoms with Gasteiger partial charge in [-0.1, -0.05) is 15.9 Å². The third-order valence-electron chi connectivity index (χ3n) is 3.02. The smallest absolute Gasteiger partial charge is 0.323 e. The molecule has 0 fully saturated rings. The lowest BCUT2D eigenvalue weighted by molar-refractivity contribution is 0.262. The number of hydrogen-bond donors (Lipinski definition) is 2. The quantitative estimate of drug-likeness (QED) is 0.818. The summed E-state index contributed by atoms with van der Waals surface area (Å²) in [5.74, 6) is 1.39. The molecule has 2 rings (SSSR count). The van der Waals surface area contributed by atoms with E-state index in [4.69, 9.17) is 14.2 Å². The van der Waals surface area contributed by atoms with Crippen LogP contribution in [0.25, 0.3) is 0 Å². The molecule has 0 saturated carbocycles. The molecular formula is C16H17BrN2O4. The van der Waals surface area contributed by atoms with Crippen molar-refractivity contribution < 1.29 is 19.0 Å². The summed E-state index contributed by atoms with van der Waals surface area (Å²) in [5, 5.41) is 5.47. The number of urea groups is 1. The zero-order valence-corrected chi connectivity index (χ0v) is 14.6. The molecule has 2 N–H and O–H groups in total. The number of methoxy groups -OCH3 is 3. The number of hydrogen-bond acceptors (Lipinski definition) is 4. The summed E-state index contributed by atoms with van der Waals surface area (Å²) >= 11 is 3.34. The highest BCUT2D eigenvalue weighted by Crippen LogP contribution is 2.39. The summed E-state index contributed by atoms with van der Waals surface area (Å²) in [4.78, 5) is 12.1. The number of carbonyl (C=O) groups excluding carboxylic acids is 1. The molecule has 2 amide bonds. The van der Waals surface area contributed by atoms with Crippen molar-refractivity contribution in [2.45, 2.75) is 0 Å². The first-order valence-electron chi connectivity index (χ1n) is 6.71. The fourth-order valence-corrected chi connectivity index (χ4v) is 2.24. The largest absolute Gasteiger partial charge is 0.493 e. The van der Waals surface area contributed by atoms with Crippen molar-refractivity contribution in [2.24, 2.45) is 0 Å². The van der Waals surface area contributed by atoms with Crippen molar-refractivity contribution in [1.82, 2.24) is 0 Å². The number of carbonyl (C=O) groups is 1. The SMILES string of the molecule is COc1cc(NC(=O)Nc2ccc(Br)cc2)cc(OC)c1OC. The normalized spacial score (nSPS) is 9.91. The van der Waals surface area contributed by atoms with Crippen molar-refractivity contribution in [3.63, 3.8) is 0 Å². The number of rotatable bonds is 5. The van der Waals surface area contributed by atoms with Crippen molar-refractivity contribution in [3.8, 4) is 17.2 Å². The molecule has 0 unspecified atom stereocenters. The van der Waals surface area contributed by atoms with Gasteiger partial charge in [-0.05, 0) is 24.3 Å². The van der Waals surface area contributed by atoms with Crippen LogP contribution in [0, 0.1) is 0 Å². The van der Waals surface area contributed by atoms with Crippen LogP contribution in [-0.2, 0) is 0 Å². The summed E-state index contributed by atoms with van der Waals surface area (Å²) in [6.07, 6.45) is 0. The second-order valence-electron chi connectivity index (χ2n) is 4.50. The monoisotopic (exact) mass is 380 g/mol. The molecule has 0 aliphatic heterocycles. The topological polar surface area (TPSA) is 68.8 Å². The van der Waals surface area contributed by atoms with E-state index in [0.29, 0.717) is 28.6 Å². The molecule has 0 bridgehead atoms. The lowest BCUT2D eigenvalue weighted by Gasteiger charge is -2.15. The van der Waals surface area contributed by atoms with Crippen LogP contribution in [0.15, 0.2) is 40.9 Å². The van der Waals surface area contributed by atoms with Gasteiger partial charge in [-0.2, -0.15) is 0 Å². The van der Waals surface area contributed by atoms with Crippen LogP contribution >= 0.6 is 15.9 Å². The third-order valence-corrected chi connectivity index (χ3v) is 3.55. The maximum absolute atomic E-state index is 12.1. The third kappa shape index (κ3) is 4.29. The van der Waals surface area contributed by atoms with Crippen LogP contribution in [0.1, 0.15) is 0 Å². The van der Waals surface area contributed by atoms with Crippen LogP contribution in [0.5, 0.6) is 17.2 Å². The number of benzene rings is 2. The van der Waals surface area contributed by atoms with Gasteiger partial charge in [0.1, 0.15) is 0 Å². The molecule has 2 aromatic rings. The van der Waals surface area contributed by atoms with E-state index < -0.39 is 0 Å². The second kappa shape index (κ2) is 7.73. The molecule has 0 radical (unpaired) electrons. The lowest BCUT2D eigenvalue weighted by Crippen LogP contribution is -2.19. The molecule has 7 heteroatoms. The Labute approximate surface area is 142 Å². The molecule has 0 spiro atoms. The second-order valence-corrected chi connectivity index (χ2v) is 5.42. The lowest BCUT2D eigenvalue weighted by atomic mass is 10.2. The number of ether oxygens (including phenoxy) is 3. The molecule has 0 saturated heterocycles. The van der Waals surface area contributed by atoms with E-state index in [-0.39, 0.29) is 6.03 Å². The van der Waals surface area contributed by atoms with Gasteiger partial charge in [0.2, 0.25) is 5.75 Å². The molecule has 0 aromatic heterocycles. The van der Waals surface area contributed by atoms with Gasteiger partial charge < -0.3 is 24.8 Å². The van der Waals surface area contributed by atoms with Crippen LogP contribution in [-0.4, -0.2) is 27.4 Å². The maximum Gasteiger partial charge on any atom is 0.323 e. The number of halogens is 1. The Bertz CT molecular complexity index is 664. The molecule has 0 atom stereocenters. The summed E-state index contributed by atoms with van der Waals surface area (Å²) in [6.45, 7) is 0. The van der Waals surface area contributed by atoms with E-state index in [9.17, 15) is 4.79 Å². The number of amides is 2. The minimum Gasteiger partial charge on any atom is -0.493 e. The number of anilines is 2. The zero-order valence-electron chi connectivity index (χ0n) is 13.0. The van der Waals surface area contributed by atoms with E-state index in [2.05, 4.69) is 26.6 Å². The highest BCUT2D eigenvalue weighted by molar-refractivity contribution is 9.10. The van der Waals surface area contributed by atoms with Crippen LogP contribution in [0.4, 0.5) is 16.2 Å². The van der Waals surface area contributed by atoms with Crippen LogP contribution in [0.3, 0.4) is 0 Å². The first-order chi connectivity index (χ1) is 11.1. The molecule has 0 aliphatic rings. The van der Waals surface area contributed by atoms with Crippen molar-refractivity contribution in [1.29, 1.82) is 0 Å². The van der Waals surface area contributed by atoms with Gasteiger partial charge in [-0.3, -0.25) is 0 Å². The van der Waals surface area contributed by atoms with Crippen molar-refractivity contribution >= 4 is 33.3 Å². The maximum atomic E-state index is 12.1. The molecule has 6 nitrogen and oxygen atoms in total. The van der Waals surface area contributed by atoms with E-state index in [1.54, 1.807) is 24.3 Å². The average molecular weight is 381 g/mol.